The maximum Gasteiger partial charge on any atom is 0.336 e. The maximum absolute atomic E-state index is 11.5. The van der Waals surface area contributed by atoms with E-state index in [9.17, 15) is 9.90 Å². The Bertz CT molecular complexity index is 634. The van der Waals surface area contributed by atoms with E-state index in [0.29, 0.717) is 30.9 Å². The number of carboxylic acids is 1. The number of aryl methyl sites for hydroxylation is 1. The van der Waals surface area contributed by atoms with E-state index in [-0.39, 0.29) is 0 Å². The Morgan fingerprint density at radius 2 is 1.90 bits per heavy atom. The van der Waals surface area contributed by atoms with Crippen LogP contribution in [0.2, 0.25) is 0 Å². The second-order valence-electron chi connectivity index (χ2n) is 4.80. The highest BCUT2D eigenvalue weighted by Gasteiger charge is 2.16. The number of rotatable bonds is 7. The fourth-order valence-corrected chi connectivity index (χ4v) is 2.48. The van der Waals surface area contributed by atoms with Gasteiger partial charge in [0.15, 0.2) is 0 Å². The van der Waals surface area contributed by atoms with Crippen molar-refractivity contribution >= 4 is 16.7 Å². The molecule has 0 aliphatic heterocycles. The molecule has 1 N–H and O–H groups in total. The predicted molar refractivity (Wildman–Crippen MR) is 82.3 cm³/mol. The van der Waals surface area contributed by atoms with E-state index in [4.69, 9.17) is 9.47 Å². The van der Waals surface area contributed by atoms with Crippen LogP contribution in [0.3, 0.4) is 0 Å². The average Bonchev–Trinajstić information content (AvgIpc) is 2.50. The number of carboxylic acid groups (broad SMARTS) is 1. The topological polar surface area (TPSA) is 55.8 Å². The first-order valence-corrected chi connectivity index (χ1v) is 7.08. The molecule has 0 unspecified atom stereocenters. The van der Waals surface area contributed by atoms with E-state index in [0.717, 1.165) is 22.8 Å². The van der Waals surface area contributed by atoms with Crippen LogP contribution < -0.4 is 4.74 Å². The van der Waals surface area contributed by atoms with Crippen molar-refractivity contribution in [2.24, 2.45) is 0 Å². The molecule has 2 aromatic rings. The summed E-state index contributed by atoms with van der Waals surface area (Å²) in [5.74, 6) is -0.296. The van der Waals surface area contributed by atoms with Gasteiger partial charge in [-0.2, -0.15) is 0 Å². The molecule has 0 bridgehead atoms. The third kappa shape index (κ3) is 3.34. The minimum Gasteiger partial charge on any atom is -0.493 e. The minimum absolute atomic E-state index is 0.318. The van der Waals surface area contributed by atoms with Crippen molar-refractivity contribution in [3.05, 3.63) is 41.5 Å². The molecule has 0 aliphatic rings. The smallest absolute Gasteiger partial charge is 0.336 e. The highest BCUT2D eigenvalue weighted by atomic mass is 16.5. The normalized spacial score (nSPS) is 10.8. The molecule has 2 rings (SSSR count). The van der Waals surface area contributed by atoms with Gasteiger partial charge in [-0.25, -0.2) is 4.79 Å². The lowest BCUT2D eigenvalue weighted by Gasteiger charge is -2.14. The van der Waals surface area contributed by atoms with E-state index in [2.05, 4.69) is 0 Å². The molecule has 0 heterocycles. The standard InChI is InChI=1S/C17H20O4/c1-3-12-13-7-4-5-8-14(13)16(11-15(12)17(18)19)21-10-6-9-20-2/h4-5,7-8,11H,3,6,9-10H2,1-2H3,(H,18,19). The van der Waals surface area contributed by atoms with Gasteiger partial charge >= 0.3 is 5.97 Å². The Morgan fingerprint density at radius 3 is 2.52 bits per heavy atom. The molecule has 112 valence electrons. The van der Waals surface area contributed by atoms with Crippen molar-refractivity contribution in [3.8, 4) is 5.75 Å². The molecule has 4 heteroatoms. The van der Waals surface area contributed by atoms with E-state index >= 15 is 0 Å². The second-order valence-corrected chi connectivity index (χ2v) is 4.80. The molecule has 0 atom stereocenters. The van der Waals surface area contributed by atoms with Gasteiger partial charge in [0, 0.05) is 25.5 Å². The third-order valence-corrected chi connectivity index (χ3v) is 3.45. The third-order valence-electron chi connectivity index (χ3n) is 3.45. The number of methoxy groups -OCH3 is 1. The Morgan fingerprint density at radius 1 is 1.19 bits per heavy atom. The number of ether oxygens (including phenoxy) is 2. The van der Waals surface area contributed by atoms with E-state index in [1.165, 1.54) is 0 Å². The second kappa shape index (κ2) is 7.09. The van der Waals surface area contributed by atoms with Crippen molar-refractivity contribution in [2.75, 3.05) is 20.3 Å². The zero-order valence-electron chi connectivity index (χ0n) is 12.4. The number of fused-ring (bicyclic) bond motifs is 1. The van der Waals surface area contributed by atoms with E-state index < -0.39 is 5.97 Å². The monoisotopic (exact) mass is 288 g/mol. The number of hydrogen-bond donors (Lipinski definition) is 1. The highest BCUT2D eigenvalue weighted by Crippen LogP contribution is 2.32. The first kappa shape index (κ1) is 15.3. The number of benzene rings is 2. The molecule has 21 heavy (non-hydrogen) atoms. The van der Waals surface area contributed by atoms with Crippen LogP contribution in [-0.2, 0) is 11.2 Å². The van der Waals surface area contributed by atoms with Gasteiger partial charge in [0.1, 0.15) is 5.75 Å². The molecule has 0 aliphatic carbocycles. The van der Waals surface area contributed by atoms with Crippen LogP contribution in [0.5, 0.6) is 5.75 Å². The van der Waals surface area contributed by atoms with Crippen LogP contribution in [0.1, 0.15) is 29.3 Å². The zero-order chi connectivity index (χ0) is 15.2. The number of aromatic carboxylic acids is 1. The molecule has 0 fully saturated rings. The summed E-state index contributed by atoms with van der Waals surface area (Å²) in [6.45, 7) is 3.09. The molecule has 0 amide bonds. The first-order valence-electron chi connectivity index (χ1n) is 7.08. The summed E-state index contributed by atoms with van der Waals surface area (Å²) in [5, 5.41) is 11.3. The molecular weight excluding hydrogens is 268 g/mol. The van der Waals surface area contributed by atoms with Gasteiger partial charge < -0.3 is 14.6 Å². The lowest BCUT2D eigenvalue weighted by molar-refractivity contribution is 0.0695. The van der Waals surface area contributed by atoms with Crippen molar-refractivity contribution < 1.29 is 19.4 Å². The van der Waals surface area contributed by atoms with Gasteiger partial charge in [-0.1, -0.05) is 31.2 Å². The lowest BCUT2D eigenvalue weighted by Crippen LogP contribution is -2.06. The minimum atomic E-state index is -0.917. The summed E-state index contributed by atoms with van der Waals surface area (Å²) in [6, 6.07) is 9.40. The summed E-state index contributed by atoms with van der Waals surface area (Å²) in [5.41, 5.74) is 1.17. The zero-order valence-corrected chi connectivity index (χ0v) is 12.4. The average molecular weight is 288 g/mol. The summed E-state index contributed by atoms with van der Waals surface area (Å²) in [4.78, 5) is 11.5. The molecule has 0 aromatic heterocycles. The molecule has 4 nitrogen and oxygen atoms in total. The van der Waals surface area contributed by atoms with Crippen molar-refractivity contribution in [2.45, 2.75) is 19.8 Å². The van der Waals surface area contributed by atoms with Crippen LogP contribution in [0.15, 0.2) is 30.3 Å². The Labute approximate surface area is 124 Å². The quantitative estimate of drug-likeness (QED) is 0.792. The van der Waals surface area contributed by atoms with Crippen LogP contribution >= 0.6 is 0 Å². The first-order chi connectivity index (χ1) is 10.2. The predicted octanol–water partition coefficient (Wildman–Crippen LogP) is 3.52. The SMILES string of the molecule is CCc1c(C(=O)O)cc(OCCCOC)c2ccccc12. The van der Waals surface area contributed by atoms with Gasteiger partial charge in [-0.3, -0.25) is 0 Å². The lowest BCUT2D eigenvalue weighted by atomic mass is 9.96. The van der Waals surface area contributed by atoms with Gasteiger partial charge in [0.05, 0.1) is 12.2 Å². The summed E-state index contributed by atoms with van der Waals surface area (Å²) < 4.78 is 10.8. The van der Waals surface area contributed by atoms with Gasteiger partial charge in [-0.15, -0.1) is 0 Å². The van der Waals surface area contributed by atoms with Crippen molar-refractivity contribution in [1.82, 2.24) is 0 Å². The van der Waals surface area contributed by atoms with Crippen molar-refractivity contribution in [3.63, 3.8) is 0 Å². The van der Waals surface area contributed by atoms with Crippen LogP contribution in [0, 0.1) is 0 Å². The largest absolute Gasteiger partial charge is 0.493 e. The maximum atomic E-state index is 11.5. The Hall–Kier alpha value is -2.07. The van der Waals surface area contributed by atoms with Crippen LogP contribution in [0.4, 0.5) is 0 Å². The van der Waals surface area contributed by atoms with Crippen LogP contribution in [-0.4, -0.2) is 31.4 Å². The highest BCUT2D eigenvalue weighted by molar-refractivity contribution is 6.00. The fraction of sp³-hybridized carbons (Fsp3) is 0.353. The molecular formula is C17H20O4. The molecule has 0 saturated heterocycles. The van der Waals surface area contributed by atoms with E-state index in [1.807, 2.05) is 31.2 Å². The Kier molecular flexibility index (Phi) is 5.17. The fourth-order valence-electron chi connectivity index (χ4n) is 2.48. The molecule has 0 radical (unpaired) electrons. The summed E-state index contributed by atoms with van der Waals surface area (Å²) in [7, 11) is 1.65. The van der Waals surface area contributed by atoms with Crippen LogP contribution in [0.25, 0.3) is 10.8 Å². The number of carbonyl (C=O) groups is 1. The summed E-state index contributed by atoms with van der Waals surface area (Å²) in [6.07, 6.45) is 1.44. The Balaban J connectivity index is 2.46. The van der Waals surface area contributed by atoms with Gasteiger partial charge in [0.25, 0.3) is 0 Å². The molecule has 0 spiro atoms. The van der Waals surface area contributed by atoms with E-state index in [1.54, 1.807) is 13.2 Å². The summed E-state index contributed by atoms with van der Waals surface area (Å²) >= 11 is 0. The van der Waals surface area contributed by atoms with Gasteiger partial charge in [-0.05, 0) is 23.4 Å². The van der Waals surface area contributed by atoms with Crippen molar-refractivity contribution in [1.29, 1.82) is 0 Å². The number of hydrogen-bond acceptors (Lipinski definition) is 3. The van der Waals surface area contributed by atoms with Gasteiger partial charge in [0.2, 0.25) is 0 Å². The molecule has 2 aromatic carbocycles. The molecule has 0 saturated carbocycles.